The summed E-state index contributed by atoms with van der Waals surface area (Å²) >= 11 is 0. The van der Waals surface area contributed by atoms with Crippen LogP contribution in [0.25, 0.3) is 0 Å². The second kappa shape index (κ2) is 9.09. The summed E-state index contributed by atoms with van der Waals surface area (Å²) in [5.41, 5.74) is 0. The van der Waals surface area contributed by atoms with E-state index < -0.39 is 0 Å². The van der Waals surface area contributed by atoms with Crippen molar-refractivity contribution in [3.05, 3.63) is 0 Å². The number of rotatable bonds is 9. The van der Waals surface area contributed by atoms with E-state index in [1.807, 2.05) is 7.05 Å². The van der Waals surface area contributed by atoms with Crippen molar-refractivity contribution in [1.82, 2.24) is 10.2 Å². The zero-order chi connectivity index (χ0) is 11.7. The molecule has 0 rings (SSSR count). The van der Waals surface area contributed by atoms with E-state index in [0.717, 1.165) is 25.9 Å². The highest BCUT2D eigenvalue weighted by atomic mass is 16.3. The van der Waals surface area contributed by atoms with E-state index in [1.54, 1.807) is 0 Å². The van der Waals surface area contributed by atoms with Gasteiger partial charge in [-0.1, -0.05) is 13.8 Å². The van der Waals surface area contributed by atoms with Crippen molar-refractivity contribution in [1.29, 1.82) is 0 Å². The van der Waals surface area contributed by atoms with Crippen LogP contribution < -0.4 is 5.32 Å². The van der Waals surface area contributed by atoms with Gasteiger partial charge in [0.2, 0.25) is 0 Å². The van der Waals surface area contributed by atoms with E-state index in [-0.39, 0.29) is 25.3 Å². The molecule has 0 aliphatic rings. The van der Waals surface area contributed by atoms with E-state index in [4.69, 9.17) is 10.2 Å². The van der Waals surface area contributed by atoms with Gasteiger partial charge in [-0.2, -0.15) is 0 Å². The molecular weight excluding hydrogens is 192 g/mol. The number of likely N-dealkylation sites (N-methyl/N-ethyl adjacent to an activating group) is 1. The molecule has 0 aromatic heterocycles. The minimum atomic E-state index is 0.192. The normalized spacial score (nSPS) is 15.6. The van der Waals surface area contributed by atoms with Gasteiger partial charge in [-0.15, -0.1) is 0 Å². The second-order valence-corrected chi connectivity index (χ2v) is 3.97. The van der Waals surface area contributed by atoms with Crippen molar-refractivity contribution < 1.29 is 10.2 Å². The van der Waals surface area contributed by atoms with Gasteiger partial charge in [-0.05, 0) is 19.9 Å². The fourth-order valence-electron chi connectivity index (χ4n) is 1.55. The summed E-state index contributed by atoms with van der Waals surface area (Å²) in [5, 5.41) is 21.4. The van der Waals surface area contributed by atoms with E-state index in [1.165, 1.54) is 0 Å². The molecule has 0 bridgehead atoms. The first-order valence-electron chi connectivity index (χ1n) is 5.84. The molecule has 0 saturated carbocycles. The van der Waals surface area contributed by atoms with Crippen molar-refractivity contribution in [2.75, 3.05) is 33.4 Å². The molecule has 92 valence electrons. The monoisotopic (exact) mass is 218 g/mol. The molecule has 0 fully saturated rings. The Labute approximate surface area is 93.3 Å². The summed E-state index contributed by atoms with van der Waals surface area (Å²) in [6.07, 6.45) is 1.90. The molecule has 4 nitrogen and oxygen atoms in total. The molecule has 0 heterocycles. The fraction of sp³-hybridized carbons (Fsp3) is 1.00. The summed E-state index contributed by atoms with van der Waals surface area (Å²) in [6, 6.07) is 0.452. The molecule has 0 aromatic rings. The van der Waals surface area contributed by atoms with Crippen LogP contribution in [0.15, 0.2) is 0 Å². The van der Waals surface area contributed by atoms with Crippen LogP contribution in [0.4, 0.5) is 0 Å². The molecule has 3 N–H and O–H groups in total. The minimum absolute atomic E-state index is 0.192. The fourth-order valence-corrected chi connectivity index (χ4v) is 1.55. The Morgan fingerprint density at radius 1 is 1.13 bits per heavy atom. The molecular formula is C11H26N2O2. The molecule has 2 atom stereocenters. The average molecular weight is 218 g/mol. The molecule has 0 aromatic carbocycles. The lowest BCUT2D eigenvalue weighted by Gasteiger charge is -2.26. The Morgan fingerprint density at radius 3 is 2.20 bits per heavy atom. The molecule has 0 saturated heterocycles. The van der Waals surface area contributed by atoms with Crippen molar-refractivity contribution in [3.8, 4) is 0 Å². The maximum Gasteiger partial charge on any atom is 0.0586 e. The average Bonchev–Trinajstić information content (AvgIpc) is 2.26. The second-order valence-electron chi connectivity index (χ2n) is 3.97. The largest absolute Gasteiger partial charge is 0.395 e. The maximum absolute atomic E-state index is 9.10. The zero-order valence-electron chi connectivity index (χ0n) is 10.2. The quantitative estimate of drug-likeness (QED) is 0.512. The van der Waals surface area contributed by atoms with Gasteiger partial charge in [0.25, 0.3) is 0 Å². The number of nitrogens with zero attached hydrogens (tertiary/aromatic N) is 1. The van der Waals surface area contributed by atoms with Crippen LogP contribution in [-0.4, -0.2) is 60.5 Å². The molecule has 0 radical (unpaired) electrons. The third-order valence-electron chi connectivity index (χ3n) is 2.92. The van der Waals surface area contributed by atoms with Gasteiger partial charge in [-0.25, -0.2) is 0 Å². The minimum Gasteiger partial charge on any atom is -0.395 e. The Bertz CT molecular complexity index is 137. The highest BCUT2D eigenvalue weighted by molar-refractivity contribution is 4.69. The first kappa shape index (κ1) is 14.8. The Hall–Kier alpha value is -0.160. The molecule has 0 spiro atoms. The van der Waals surface area contributed by atoms with Crippen LogP contribution >= 0.6 is 0 Å². The van der Waals surface area contributed by atoms with Crippen LogP contribution in [0.3, 0.4) is 0 Å². The highest BCUT2D eigenvalue weighted by Gasteiger charge is 2.11. The van der Waals surface area contributed by atoms with Gasteiger partial charge in [0, 0.05) is 25.2 Å². The predicted molar refractivity (Wildman–Crippen MR) is 63.0 cm³/mol. The van der Waals surface area contributed by atoms with Gasteiger partial charge in [0.15, 0.2) is 0 Å². The smallest absolute Gasteiger partial charge is 0.0586 e. The number of aliphatic hydroxyl groups excluding tert-OH is 2. The van der Waals surface area contributed by atoms with E-state index >= 15 is 0 Å². The van der Waals surface area contributed by atoms with Crippen molar-refractivity contribution >= 4 is 0 Å². The maximum atomic E-state index is 9.10. The van der Waals surface area contributed by atoms with Crippen molar-refractivity contribution in [2.24, 2.45) is 0 Å². The zero-order valence-corrected chi connectivity index (χ0v) is 10.2. The standard InChI is InChI=1S/C11H26N2O2/c1-4-10(8-14)12-6-7-13(3)11(5-2)9-15/h10-12,14-15H,4-9H2,1-3H3/t10-,11-/m0/s1. The summed E-state index contributed by atoms with van der Waals surface area (Å²) in [4.78, 5) is 2.15. The number of hydrogen-bond donors (Lipinski definition) is 3. The van der Waals surface area contributed by atoms with Crippen LogP contribution in [0, 0.1) is 0 Å². The number of hydrogen-bond acceptors (Lipinski definition) is 4. The molecule has 0 amide bonds. The lowest BCUT2D eigenvalue weighted by molar-refractivity contribution is 0.141. The summed E-state index contributed by atoms with van der Waals surface area (Å²) in [6.45, 7) is 6.29. The van der Waals surface area contributed by atoms with E-state index in [0.29, 0.717) is 0 Å². The molecule has 4 heteroatoms. The van der Waals surface area contributed by atoms with Gasteiger partial charge < -0.3 is 15.5 Å². The molecule has 0 aliphatic heterocycles. The summed E-state index contributed by atoms with van der Waals surface area (Å²) in [7, 11) is 2.02. The lowest BCUT2D eigenvalue weighted by atomic mass is 10.2. The van der Waals surface area contributed by atoms with E-state index in [2.05, 4.69) is 24.1 Å². The molecule has 0 unspecified atom stereocenters. The Morgan fingerprint density at radius 2 is 1.80 bits per heavy atom. The van der Waals surface area contributed by atoms with Gasteiger partial charge in [0.05, 0.1) is 13.2 Å². The Balaban J connectivity index is 3.65. The third-order valence-corrected chi connectivity index (χ3v) is 2.92. The SMILES string of the molecule is CC[C@@H](CO)NCCN(C)[C@@H](CC)CO. The van der Waals surface area contributed by atoms with Gasteiger partial charge in [0.1, 0.15) is 0 Å². The topological polar surface area (TPSA) is 55.7 Å². The van der Waals surface area contributed by atoms with Gasteiger partial charge >= 0.3 is 0 Å². The highest BCUT2D eigenvalue weighted by Crippen LogP contribution is 1.99. The van der Waals surface area contributed by atoms with Crippen LogP contribution in [0.1, 0.15) is 26.7 Å². The van der Waals surface area contributed by atoms with Crippen molar-refractivity contribution in [2.45, 2.75) is 38.8 Å². The molecule has 0 aliphatic carbocycles. The summed E-state index contributed by atoms with van der Waals surface area (Å²) < 4.78 is 0. The first-order chi connectivity index (χ1) is 7.19. The van der Waals surface area contributed by atoms with Crippen LogP contribution in [0.5, 0.6) is 0 Å². The lowest BCUT2D eigenvalue weighted by Crippen LogP contribution is -2.42. The van der Waals surface area contributed by atoms with E-state index in [9.17, 15) is 0 Å². The van der Waals surface area contributed by atoms with Crippen LogP contribution in [-0.2, 0) is 0 Å². The number of aliphatic hydroxyl groups is 2. The predicted octanol–water partition coefficient (Wildman–Crippen LogP) is 0.0496. The number of nitrogens with one attached hydrogen (secondary N) is 1. The van der Waals surface area contributed by atoms with Gasteiger partial charge in [-0.3, -0.25) is 4.90 Å². The third kappa shape index (κ3) is 6.10. The Kier molecular flexibility index (Phi) is 9.00. The van der Waals surface area contributed by atoms with Crippen LogP contribution in [0.2, 0.25) is 0 Å². The summed E-state index contributed by atoms with van der Waals surface area (Å²) in [5.74, 6) is 0. The van der Waals surface area contributed by atoms with Crippen molar-refractivity contribution in [3.63, 3.8) is 0 Å². The first-order valence-corrected chi connectivity index (χ1v) is 5.84. The molecule has 15 heavy (non-hydrogen) atoms.